The molecule has 3 N–H and O–H groups in total. The number of halogens is 2. The van der Waals surface area contributed by atoms with Crippen LogP contribution < -0.4 is 15.2 Å². The molecule has 1 aromatic rings. The second-order valence-electron chi connectivity index (χ2n) is 3.14. The third-order valence-electron chi connectivity index (χ3n) is 2.17. The lowest BCUT2D eigenvalue weighted by Gasteiger charge is -2.12. The van der Waals surface area contributed by atoms with Crippen LogP contribution in [0.25, 0.3) is 0 Å². The molecule has 5 nitrogen and oxygen atoms in total. The van der Waals surface area contributed by atoms with Crippen molar-refractivity contribution in [1.82, 2.24) is 0 Å². The molecule has 0 radical (unpaired) electrons. The molecule has 1 aromatic carbocycles. The van der Waals surface area contributed by atoms with Gasteiger partial charge in [0.05, 0.1) is 10.6 Å². The van der Waals surface area contributed by atoms with E-state index in [1.165, 1.54) is 6.07 Å². The predicted octanol–water partition coefficient (Wildman–Crippen LogP) is 1.29. The minimum absolute atomic E-state index is 0.00296. The zero-order valence-corrected chi connectivity index (χ0v) is 8.62. The van der Waals surface area contributed by atoms with Gasteiger partial charge in [-0.25, -0.2) is 4.39 Å². The van der Waals surface area contributed by atoms with Crippen LogP contribution >= 0.6 is 11.6 Å². The number of aliphatic carboxylic acids is 1. The van der Waals surface area contributed by atoms with Gasteiger partial charge in [-0.3, -0.25) is 4.79 Å². The molecule has 0 spiro atoms. The third-order valence-corrected chi connectivity index (χ3v) is 2.44. The highest BCUT2D eigenvalue weighted by Gasteiger charge is 2.30. The summed E-state index contributed by atoms with van der Waals surface area (Å²) in [6.45, 7) is -0.117. The fourth-order valence-corrected chi connectivity index (χ4v) is 1.62. The Hall–Kier alpha value is -1.53. The van der Waals surface area contributed by atoms with Gasteiger partial charge in [-0.15, -0.1) is 0 Å². The lowest BCUT2D eigenvalue weighted by atomic mass is 10.1. The van der Waals surface area contributed by atoms with Crippen molar-refractivity contribution >= 4 is 17.6 Å². The van der Waals surface area contributed by atoms with Gasteiger partial charge in [0.25, 0.3) is 0 Å². The summed E-state index contributed by atoms with van der Waals surface area (Å²) in [5.41, 5.74) is 5.05. The van der Waals surface area contributed by atoms with Crippen molar-refractivity contribution in [3.05, 3.63) is 22.5 Å². The summed E-state index contributed by atoms with van der Waals surface area (Å²) in [5.74, 6) is -2.09. The Morgan fingerprint density at radius 3 is 2.94 bits per heavy atom. The van der Waals surface area contributed by atoms with Crippen LogP contribution in [0.4, 0.5) is 4.39 Å². The van der Waals surface area contributed by atoms with Crippen molar-refractivity contribution in [3.63, 3.8) is 0 Å². The fourth-order valence-electron chi connectivity index (χ4n) is 1.41. The number of carboxylic acid groups (broad SMARTS) is 1. The Morgan fingerprint density at radius 2 is 2.31 bits per heavy atom. The van der Waals surface area contributed by atoms with Gasteiger partial charge in [0.15, 0.2) is 17.3 Å². The number of carboxylic acids is 1. The Balaban J connectivity index is 2.63. The molecule has 1 heterocycles. The molecule has 1 aliphatic heterocycles. The minimum atomic E-state index is -1.55. The van der Waals surface area contributed by atoms with Crippen molar-refractivity contribution in [2.75, 3.05) is 6.79 Å². The molecule has 0 fully saturated rings. The maximum Gasteiger partial charge on any atom is 0.325 e. The Morgan fingerprint density at radius 1 is 1.62 bits per heavy atom. The minimum Gasteiger partial charge on any atom is -0.480 e. The first-order valence-electron chi connectivity index (χ1n) is 4.28. The van der Waals surface area contributed by atoms with Crippen LogP contribution in [0.5, 0.6) is 11.5 Å². The average molecular weight is 248 g/mol. The Kier molecular flexibility index (Phi) is 2.61. The van der Waals surface area contributed by atoms with Crippen molar-refractivity contribution in [2.24, 2.45) is 5.73 Å². The van der Waals surface area contributed by atoms with E-state index >= 15 is 0 Å². The van der Waals surface area contributed by atoms with Gasteiger partial charge in [-0.1, -0.05) is 11.6 Å². The maximum atomic E-state index is 13.7. The number of rotatable bonds is 2. The molecular formula is C9H7ClFNO4. The summed E-state index contributed by atoms with van der Waals surface area (Å²) in [7, 11) is 0. The van der Waals surface area contributed by atoms with Gasteiger partial charge in [0.1, 0.15) is 6.04 Å². The fraction of sp³-hybridized carbons (Fsp3) is 0.222. The summed E-state index contributed by atoms with van der Waals surface area (Å²) in [6.07, 6.45) is 0. The quantitative estimate of drug-likeness (QED) is 0.823. The highest BCUT2D eigenvalue weighted by atomic mass is 35.5. The lowest BCUT2D eigenvalue weighted by Crippen LogP contribution is -2.22. The summed E-state index contributed by atoms with van der Waals surface area (Å²) >= 11 is 5.59. The normalized spacial score (nSPS) is 14.9. The number of benzene rings is 1. The summed E-state index contributed by atoms with van der Waals surface area (Å²) in [5, 5.41) is 8.50. The van der Waals surface area contributed by atoms with Crippen molar-refractivity contribution < 1.29 is 23.8 Å². The first-order valence-corrected chi connectivity index (χ1v) is 4.66. The standard InChI is InChI=1S/C9H7ClFNO4/c10-3-1-4-8(16-2-15-4)5(6(3)11)7(12)9(13)14/h1,7H,2,12H2,(H,13,14). The van der Waals surface area contributed by atoms with Gasteiger partial charge < -0.3 is 20.3 Å². The van der Waals surface area contributed by atoms with Crippen LogP contribution in [0.15, 0.2) is 6.07 Å². The summed E-state index contributed by atoms with van der Waals surface area (Å²) in [6, 6.07) is -0.328. The molecule has 0 bridgehead atoms. The van der Waals surface area contributed by atoms with Crippen molar-refractivity contribution in [1.29, 1.82) is 0 Å². The number of fused-ring (bicyclic) bond motifs is 1. The van der Waals surface area contributed by atoms with E-state index < -0.39 is 17.8 Å². The highest BCUT2D eigenvalue weighted by Crippen LogP contribution is 2.42. The lowest BCUT2D eigenvalue weighted by molar-refractivity contribution is -0.138. The van der Waals surface area contributed by atoms with Gasteiger partial charge >= 0.3 is 5.97 Å². The van der Waals surface area contributed by atoms with Crippen LogP contribution in [0.2, 0.25) is 5.02 Å². The van der Waals surface area contributed by atoms with Crippen molar-refractivity contribution in [2.45, 2.75) is 6.04 Å². The molecule has 86 valence electrons. The third kappa shape index (κ3) is 1.56. The molecule has 1 unspecified atom stereocenters. The van der Waals surface area contributed by atoms with E-state index in [0.717, 1.165) is 0 Å². The smallest absolute Gasteiger partial charge is 0.325 e. The molecule has 16 heavy (non-hydrogen) atoms. The van der Waals surface area contributed by atoms with E-state index in [1.807, 2.05) is 0 Å². The molecule has 0 aliphatic carbocycles. The number of ether oxygens (including phenoxy) is 2. The number of nitrogens with two attached hydrogens (primary N) is 1. The molecule has 1 atom stereocenters. The first kappa shape index (κ1) is 11.0. The molecule has 2 rings (SSSR count). The Labute approximate surface area is 94.5 Å². The number of hydrogen-bond acceptors (Lipinski definition) is 4. The number of hydrogen-bond donors (Lipinski definition) is 2. The molecule has 7 heteroatoms. The number of carbonyl (C=O) groups is 1. The molecule has 0 amide bonds. The second-order valence-corrected chi connectivity index (χ2v) is 3.54. The van der Waals surface area contributed by atoms with E-state index in [4.69, 9.17) is 31.9 Å². The molecule has 0 aromatic heterocycles. The van der Waals surface area contributed by atoms with Gasteiger partial charge in [-0.05, 0) is 0 Å². The largest absolute Gasteiger partial charge is 0.480 e. The second kappa shape index (κ2) is 3.80. The maximum absolute atomic E-state index is 13.7. The van der Waals surface area contributed by atoms with Crippen LogP contribution in [0.3, 0.4) is 0 Å². The van der Waals surface area contributed by atoms with Gasteiger partial charge in [0.2, 0.25) is 6.79 Å². The van der Waals surface area contributed by atoms with Crippen LogP contribution in [-0.2, 0) is 4.79 Å². The van der Waals surface area contributed by atoms with Crippen LogP contribution in [0.1, 0.15) is 11.6 Å². The van der Waals surface area contributed by atoms with E-state index in [1.54, 1.807) is 0 Å². The zero-order valence-electron chi connectivity index (χ0n) is 7.87. The predicted molar refractivity (Wildman–Crippen MR) is 52.1 cm³/mol. The van der Waals surface area contributed by atoms with Gasteiger partial charge in [-0.2, -0.15) is 0 Å². The topological polar surface area (TPSA) is 81.8 Å². The van der Waals surface area contributed by atoms with Gasteiger partial charge in [0, 0.05) is 6.07 Å². The monoisotopic (exact) mass is 247 g/mol. The van der Waals surface area contributed by atoms with E-state index in [2.05, 4.69) is 0 Å². The Bertz CT molecular complexity index is 465. The zero-order chi connectivity index (χ0) is 11.9. The first-order chi connectivity index (χ1) is 7.52. The summed E-state index contributed by atoms with van der Waals surface area (Å²) < 4.78 is 23.6. The average Bonchev–Trinajstić information content (AvgIpc) is 2.66. The molecular weight excluding hydrogens is 241 g/mol. The van der Waals surface area contributed by atoms with E-state index in [9.17, 15) is 9.18 Å². The van der Waals surface area contributed by atoms with Crippen molar-refractivity contribution in [3.8, 4) is 11.5 Å². The molecule has 1 aliphatic rings. The van der Waals surface area contributed by atoms with Crippen LogP contribution in [-0.4, -0.2) is 17.9 Å². The van der Waals surface area contributed by atoms with Crippen LogP contribution in [0, 0.1) is 5.82 Å². The summed E-state index contributed by atoms with van der Waals surface area (Å²) in [4.78, 5) is 10.7. The SMILES string of the molecule is NC(C(=O)O)c1c(F)c(Cl)cc2c1OCO2. The molecule has 0 saturated heterocycles. The molecule has 0 saturated carbocycles. The van der Waals surface area contributed by atoms with E-state index in [-0.39, 0.29) is 28.9 Å². The van der Waals surface area contributed by atoms with E-state index in [0.29, 0.717) is 0 Å². The highest BCUT2D eigenvalue weighted by molar-refractivity contribution is 6.31.